The highest BCUT2D eigenvalue weighted by Crippen LogP contribution is 2.26. The molecule has 0 spiro atoms. The second kappa shape index (κ2) is 5.22. The molecule has 0 saturated carbocycles. The van der Waals surface area contributed by atoms with Gasteiger partial charge in [0, 0.05) is 12.7 Å². The van der Waals surface area contributed by atoms with E-state index in [9.17, 15) is 9.90 Å². The zero-order valence-electron chi connectivity index (χ0n) is 9.85. The maximum Gasteiger partial charge on any atom is 0.236 e. The van der Waals surface area contributed by atoms with Crippen molar-refractivity contribution < 1.29 is 14.3 Å². The van der Waals surface area contributed by atoms with E-state index in [0.29, 0.717) is 17.6 Å². The van der Waals surface area contributed by atoms with Crippen molar-refractivity contribution in [2.24, 2.45) is 0 Å². The second-order valence-corrected chi connectivity index (χ2v) is 4.38. The van der Waals surface area contributed by atoms with Crippen LogP contribution in [0.2, 0.25) is 0 Å². The minimum absolute atomic E-state index is 0.102. The number of hydrogen-bond donors (Lipinski definition) is 1. The third kappa shape index (κ3) is 2.34. The molecule has 0 saturated heterocycles. The third-order valence-electron chi connectivity index (χ3n) is 2.58. The van der Waals surface area contributed by atoms with Crippen molar-refractivity contribution >= 4 is 26.9 Å². The van der Waals surface area contributed by atoms with Crippen molar-refractivity contribution in [2.45, 2.75) is 12.7 Å². The number of halogens is 1. The van der Waals surface area contributed by atoms with Crippen LogP contribution in [-0.2, 0) is 10.5 Å². The van der Waals surface area contributed by atoms with Gasteiger partial charge in [-0.3, -0.25) is 4.79 Å². The molecule has 96 valence electrons. The standard InChI is InChI=1S/C13H13BrO4/c1-2-17-13(16,8-14)12-7-10(15)9-5-3-4-6-11(9)18-12/h3-7,16H,2,8H2,1H3. The van der Waals surface area contributed by atoms with E-state index in [0.717, 1.165) is 0 Å². The topological polar surface area (TPSA) is 59.7 Å². The molecule has 0 bridgehead atoms. The largest absolute Gasteiger partial charge is 0.455 e. The second-order valence-electron chi connectivity index (χ2n) is 3.82. The maximum absolute atomic E-state index is 11.9. The van der Waals surface area contributed by atoms with Crippen molar-refractivity contribution in [1.29, 1.82) is 0 Å². The van der Waals surface area contributed by atoms with Crippen molar-refractivity contribution in [3.63, 3.8) is 0 Å². The highest BCUT2D eigenvalue weighted by atomic mass is 79.9. The van der Waals surface area contributed by atoms with Crippen LogP contribution in [0.5, 0.6) is 0 Å². The Kier molecular flexibility index (Phi) is 3.85. The van der Waals surface area contributed by atoms with Gasteiger partial charge < -0.3 is 14.3 Å². The van der Waals surface area contributed by atoms with Crippen LogP contribution in [-0.4, -0.2) is 17.0 Å². The molecule has 0 aliphatic heterocycles. The average molecular weight is 313 g/mol. The molecule has 0 aliphatic carbocycles. The summed E-state index contributed by atoms with van der Waals surface area (Å²) in [6.07, 6.45) is 0. The highest BCUT2D eigenvalue weighted by Gasteiger charge is 2.32. The van der Waals surface area contributed by atoms with Crippen LogP contribution in [0.4, 0.5) is 0 Å². The molecule has 0 amide bonds. The lowest BCUT2D eigenvalue weighted by Crippen LogP contribution is -2.32. The molecule has 1 aromatic heterocycles. The number of alkyl halides is 1. The van der Waals surface area contributed by atoms with Crippen LogP contribution in [0, 0.1) is 0 Å². The fourth-order valence-corrected chi connectivity index (χ4v) is 2.15. The molecule has 1 heterocycles. The quantitative estimate of drug-likeness (QED) is 0.695. The molecular formula is C13H13BrO4. The Labute approximate surface area is 112 Å². The van der Waals surface area contributed by atoms with Gasteiger partial charge in [0.2, 0.25) is 5.79 Å². The van der Waals surface area contributed by atoms with Crippen molar-refractivity contribution in [3.05, 3.63) is 46.3 Å². The Bertz CT molecular complexity index is 607. The van der Waals surface area contributed by atoms with Gasteiger partial charge in [0.15, 0.2) is 11.2 Å². The molecular weight excluding hydrogens is 300 g/mol. The van der Waals surface area contributed by atoms with Gasteiger partial charge in [-0.25, -0.2) is 0 Å². The Morgan fingerprint density at radius 2 is 2.17 bits per heavy atom. The van der Waals surface area contributed by atoms with Crippen LogP contribution in [0.15, 0.2) is 39.5 Å². The smallest absolute Gasteiger partial charge is 0.236 e. The molecule has 2 rings (SSSR count). The summed E-state index contributed by atoms with van der Waals surface area (Å²) in [5.41, 5.74) is 0.227. The number of benzene rings is 1. The summed E-state index contributed by atoms with van der Waals surface area (Å²) < 4.78 is 10.8. The summed E-state index contributed by atoms with van der Waals surface area (Å²) in [5, 5.41) is 10.9. The SMILES string of the molecule is CCOC(O)(CBr)c1cc(=O)c2ccccc2o1. The summed E-state index contributed by atoms with van der Waals surface area (Å²) in [6.45, 7) is 2.06. The lowest BCUT2D eigenvalue weighted by atomic mass is 10.1. The van der Waals surface area contributed by atoms with Crippen LogP contribution in [0.1, 0.15) is 12.7 Å². The zero-order valence-corrected chi connectivity index (χ0v) is 11.4. The molecule has 2 aromatic rings. The van der Waals surface area contributed by atoms with E-state index in [4.69, 9.17) is 9.15 Å². The van der Waals surface area contributed by atoms with E-state index in [1.165, 1.54) is 6.07 Å². The van der Waals surface area contributed by atoms with Gasteiger partial charge in [-0.1, -0.05) is 28.1 Å². The summed E-state index contributed by atoms with van der Waals surface area (Å²) in [7, 11) is 0. The lowest BCUT2D eigenvalue weighted by Gasteiger charge is -2.24. The summed E-state index contributed by atoms with van der Waals surface area (Å²) in [6, 6.07) is 8.15. The number of para-hydroxylation sites is 1. The van der Waals surface area contributed by atoms with Crippen molar-refractivity contribution in [1.82, 2.24) is 0 Å². The van der Waals surface area contributed by atoms with Gasteiger partial charge in [-0.2, -0.15) is 0 Å². The van der Waals surface area contributed by atoms with Crippen LogP contribution < -0.4 is 5.43 Å². The normalized spacial score (nSPS) is 14.6. The van der Waals surface area contributed by atoms with Gasteiger partial charge in [0.25, 0.3) is 0 Å². The van der Waals surface area contributed by atoms with Crippen LogP contribution >= 0.6 is 15.9 Å². The van der Waals surface area contributed by atoms with Crippen LogP contribution in [0.25, 0.3) is 11.0 Å². The highest BCUT2D eigenvalue weighted by molar-refractivity contribution is 9.09. The summed E-state index contributed by atoms with van der Waals surface area (Å²) in [5.74, 6) is -1.53. The van der Waals surface area contributed by atoms with Gasteiger partial charge in [-0.05, 0) is 19.1 Å². The first-order valence-electron chi connectivity index (χ1n) is 5.56. The third-order valence-corrected chi connectivity index (χ3v) is 3.34. The van der Waals surface area contributed by atoms with E-state index in [-0.39, 0.29) is 16.5 Å². The minimum Gasteiger partial charge on any atom is -0.455 e. The number of ether oxygens (including phenoxy) is 1. The number of rotatable bonds is 4. The first kappa shape index (κ1) is 13.3. The number of fused-ring (bicyclic) bond motifs is 1. The molecule has 18 heavy (non-hydrogen) atoms. The van der Waals surface area contributed by atoms with E-state index in [2.05, 4.69) is 15.9 Å². The molecule has 0 fully saturated rings. The molecule has 1 unspecified atom stereocenters. The Morgan fingerprint density at radius 3 is 2.83 bits per heavy atom. The average Bonchev–Trinajstić information content (AvgIpc) is 2.39. The van der Waals surface area contributed by atoms with Gasteiger partial charge in [0.05, 0.1) is 10.7 Å². The van der Waals surface area contributed by atoms with E-state index in [1.807, 2.05) is 0 Å². The molecule has 5 heteroatoms. The lowest BCUT2D eigenvalue weighted by molar-refractivity contribution is -0.201. The van der Waals surface area contributed by atoms with Crippen molar-refractivity contribution in [2.75, 3.05) is 11.9 Å². The predicted octanol–water partition coefficient (Wildman–Crippen LogP) is 2.37. The van der Waals surface area contributed by atoms with E-state index < -0.39 is 5.79 Å². The molecule has 1 aromatic carbocycles. The summed E-state index contributed by atoms with van der Waals surface area (Å²) >= 11 is 3.16. The number of hydrogen-bond acceptors (Lipinski definition) is 4. The molecule has 0 radical (unpaired) electrons. The molecule has 4 nitrogen and oxygen atoms in total. The van der Waals surface area contributed by atoms with E-state index in [1.54, 1.807) is 31.2 Å². The zero-order chi connectivity index (χ0) is 13.2. The van der Waals surface area contributed by atoms with E-state index >= 15 is 0 Å². The molecule has 0 aliphatic rings. The maximum atomic E-state index is 11.9. The number of aliphatic hydroxyl groups is 1. The fraction of sp³-hybridized carbons (Fsp3) is 0.308. The molecule has 1 atom stereocenters. The fourth-order valence-electron chi connectivity index (χ4n) is 1.71. The molecule has 1 N–H and O–H groups in total. The Hall–Kier alpha value is -1.17. The first-order chi connectivity index (χ1) is 8.60. The van der Waals surface area contributed by atoms with Gasteiger partial charge in [-0.15, -0.1) is 0 Å². The van der Waals surface area contributed by atoms with Crippen molar-refractivity contribution in [3.8, 4) is 0 Å². The van der Waals surface area contributed by atoms with Crippen LogP contribution in [0.3, 0.4) is 0 Å². The van der Waals surface area contributed by atoms with Gasteiger partial charge in [0.1, 0.15) is 5.58 Å². The summed E-state index contributed by atoms with van der Waals surface area (Å²) in [4.78, 5) is 11.9. The minimum atomic E-state index is -1.63. The first-order valence-corrected chi connectivity index (χ1v) is 6.68. The monoisotopic (exact) mass is 312 g/mol. The van der Waals surface area contributed by atoms with Gasteiger partial charge >= 0.3 is 0 Å². The predicted molar refractivity (Wildman–Crippen MR) is 71.8 cm³/mol. The Balaban J connectivity index is 2.62. The Morgan fingerprint density at radius 1 is 1.44 bits per heavy atom.